The standard InChI is InChI=1S/C15H15F2NO/c1-2-19-14-5-3-4-13(9-14)18-10-11-8-12(16)6-7-15(11)17/h3-9,18H,2,10H2,1H3. The summed E-state index contributed by atoms with van der Waals surface area (Å²) in [5, 5.41) is 3.04. The van der Waals surface area contributed by atoms with Crippen molar-refractivity contribution in [3.05, 3.63) is 59.7 Å². The van der Waals surface area contributed by atoms with Gasteiger partial charge in [0, 0.05) is 23.9 Å². The van der Waals surface area contributed by atoms with Crippen molar-refractivity contribution in [2.24, 2.45) is 0 Å². The first-order valence-corrected chi connectivity index (χ1v) is 6.09. The third-order valence-electron chi connectivity index (χ3n) is 2.64. The lowest BCUT2D eigenvalue weighted by Gasteiger charge is -2.09. The Kier molecular flexibility index (Phi) is 4.34. The van der Waals surface area contributed by atoms with Crippen LogP contribution in [0.2, 0.25) is 0 Å². The minimum atomic E-state index is -0.443. The molecule has 19 heavy (non-hydrogen) atoms. The molecule has 0 heterocycles. The Morgan fingerprint density at radius 2 is 1.95 bits per heavy atom. The van der Waals surface area contributed by atoms with E-state index in [0.717, 1.165) is 23.6 Å². The van der Waals surface area contributed by atoms with Crippen LogP contribution in [-0.2, 0) is 6.54 Å². The molecule has 0 unspecified atom stereocenters. The molecule has 0 aliphatic heterocycles. The van der Waals surface area contributed by atoms with Gasteiger partial charge in [0.2, 0.25) is 0 Å². The van der Waals surface area contributed by atoms with Crippen molar-refractivity contribution >= 4 is 5.69 Å². The molecule has 2 nitrogen and oxygen atoms in total. The van der Waals surface area contributed by atoms with Crippen LogP contribution in [0, 0.1) is 11.6 Å². The van der Waals surface area contributed by atoms with E-state index in [2.05, 4.69) is 5.32 Å². The van der Waals surface area contributed by atoms with Gasteiger partial charge in [0.05, 0.1) is 6.61 Å². The van der Waals surface area contributed by atoms with E-state index < -0.39 is 11.6 Å². The summed E-state index contributed by atoms with van der Waals surface area (Å²) in [7, 11) is 0. The van der Waals surface area contributed by atoms with Gasteiger partial charge in [-0.2, -0.15) is 0 Å². The summed E-state index contributed by atoms with van der Waals surface area (Å²) in [4.78, 5) is 0. The van der Waals surface area contributed by atoms with Crippen LogP contribution in [0.5, 0.6) is 5.75 Å². The van der Waals surface area contributed by atoms with Crippen molar-refractivity contribution < 1.29 is 13.5 Å². The van der Waals surface area contributed by atoms with Crippen molar-refractivity contribution in [3.63, 3.8) is 0 Å². The third kappa shape index (κ3) is 3.68. The molecule has 0 spiro atoms. The molecule has 1 N–H and O–H groups in total. The summed E-state index contributed by atoms with van der Waals surface area (Å²) in [5.74, 6) is -0.122. The first kappa shape index (κ1) is 13.3. The zero-order valence-corrected chi connectivity index (χ0v) is 10.6. The highest BCUT2D eigenvalue weighted by atomic mass is 19.1. The summed E-state index contributed by atoms with van der Waals surface area (Å²) in [5.41, 5.74) is 1.09. The van der Waals surface area contributed by atoms with Crippen LogP contribution in [-0.4, -0.2) is 6.61 Å². The molecule has 0 atom stereocenters. The van der Waals surface area contributed by atoms with Crippen molar-refractivity contribution in [2.75, 3.05) is 11.9 Å². The van der Waals surface area contributed by atoms with Gasteiger partial charge in [0.25, 0.3) is 0 Å². The average molecular weight is 263 g/mol. The number of hydrogen-bond donors (Lipinski definition) is 1. The monoisotopic (exact) mass is 263 g/mol. The molecule has 2 aromatic rings. The van der Waals surface area contributed by atoms with Crippen molar-refractivity contribution in [1.29, 1.82) is 0 Å². The molecule has 0 bridgehead atoms. The predicted octanol–water partition coefficient (Wildman–Crippen LogP) is 3.98. The van der Waals surface area contributed by atoms with E-state index in [1.165, 1.54) is 6.07 Å². The summed E-state index contributed by atoms with van der Waals surface area (Å²) in [6.45, 7) is 2.71. The lowest BCUT2D eigenvalue weighted by Crippen LogP contribution is -2.02. The topological polar surface area (TPSA) is 21.3 Å². The lowest BCUT2D eigenvalue weighted by atomic mass is 10.2. The maximum absolute atomic E-state index is 13.4. The molecular weight excluding hydrogens is 248 g/mol. The Morgan fingerprint density at radius 3 is 2.74 bits per heavy atom. The third-order valence-corrected chi connectivity index (χ3v) is 2.64. The number of nitrogens with one attached hydrogen (secondary N) is 1. The second-order valence-corrected chi connectivity index (χ2v) is 4.05. The number of anilines is 1. The fraction of sp³-hybridized carbons (Fsp3) is 0.200. The number of rotatable bonds is 5. The van der Waals surface area contributed by atoms with E-state index >= 15 is 0 Å². The Hall–Kier alpha value is -2.10. The van der Waals surface area contributed by atoms with Gasteiger partial charge >= 0.3 is 0 Å². The molecule has 100 valence electrons. The Balaban J connectivity index is 2.05. The molecule has 0 fully saturated rings. The van der Waals surface area contributed by atoms with Gasteiger partial charge in [-0.1, -0.05) is 6.07 Å². The second kappa shape index (κ2) is 6.18. The van der Waals surface area contributed by atoms with Crippen LogP contribution >= 0.6 is 0 Å². The summed E-state index contributed by atoms with van der Waals surface area (Å²) in [6.07, 6.45) is 0. The van der Waals surface area contributed by atoms with E-state index in [9.17, 15) is 8.78 Å². The van der Waals surface area contributed by atoms with E-state index in [4.69, 9.17) is 4.74 Å². The van der Waals surface area contributed by atoms with Gasteiger partial charge in [-0.25, -0.2) is 8.78 Å². The Labute approximate surface area is 111 Å². The van der Waals surface area contributed by atoms with E-state index in [1.807, 2.05) is 31.2 Å². The van der Waals surface area contributed by atoms with Crippen LogP contribution < -0.4 is 10.1 Å². The molecule has 4 heteroatoms. The molecule has 0 aromatic heterocycles. The largest absolute Gasteiger partial charge is 0.494 e. The molecular formula is C15H15F2NO. The average Bonchev–Trinajstić information content (AvgIpc) is 2.41. The predicted molar refractivity (Wildman–Crippen MR) is 71.3 cm³/mol. The summed E-state index contributed by atoms with van der Waals surface area (Å²) in [6, 6.07) is 10.8. The maximum Gasteiger partial charge on any atom is 0.128 e. The summed E-state index contributed by atoms with van der Waals surface area (Å²) >= 11 is 0. The number of benzene rings is 2. The van der Waals surface area contributed by atoms with Crippen LogP contribution in [0.1, 0.15) is 12.5 Å². The van der Waals surface area contributed by atoms with E-state index in [-0.39, 0.29) is 6.54 Å². The van der Waals surface area contributed by atoms with Crippen LogP contribution in [0.25, 0.3) is 0 Å². The number of hydrogen-bond acceptors (Lipinski definition) is 2. The van der Waals surface area contributed by atoms with Gasteiger partial charge in [-0.15, -0.1) is 0 Å². The molecule has 0 aliphatic carbocycles. The Morgan fingerprint density at radius 1 is 1.11 bits per heavy atom. The fourth-order valence-corrected chi connectivity index (χ4v) is 1.74. The highest BCUT2D eigenvalue weighted by molar-refractivity contribution is 5.48. The lowest BCUT2D eigenvalue weighted by molar-refractivity contribution is 0.340. The molecule has 0 saturated carbocycles. The molecule has 2 aromatic carbocycles. The first-order valence-electron chi connectivity index (χ1n) is 6.09. The van der Waals surface area contributed by atoms with Crippen LogP contribution in [0.4, 0.5) is 14.5 Å². The highest BCUT2D eigenvalue weighted by Crippen LogP contribution is 2.19. The van der Waals surface area contributed by atoms with Crippen LogP contribution in [0.3, 0.4) is 0 Å². The molecule has 0 saturated heterocycles. The van der Waals surface area contributed by atoms with Gasteiger partial charge < -0.3 is 10.1 Å². The molecule has 0 radical (unpaired) electrons. The van der Waals surface area contributed by atoms with Gasteiger partial charge in [-0.05, 0) is 37.3 Å². The smallest absolute Gasteiger partial charge is 0.128 e. The molecule has 0 aliphatic rings. The van der Waals surface area contributed by atoms with Crippen molar-refractivity contribution in [1.82, 2.24) is 0 Å². The second-order valence-electron chi connectivity index (χ2n) is 4.05. The first-order chi connectivity index (χ1) is 9.19. The minimum Gasteiger partial charge on any atom is -0.494 e. The van der Waals surface area contributed by atoms with Crippen molar-refractivity contribution in [2.45, 2.75) is 13.5 Å². The Bertz CT molecular complexity index is 558. The van der Waals surface area contributed by atoms with Crippen molar-refractivity contribution in [3.8, 4) is 5.75 Å². The fourth-order valence-electron chi connectivity index (χ4n) is 1.74. The van der Waals surface area contributed by atoms with Crippen LogP contribution in [0.15, 0.2) is 42.5 Å². The number of halogens is 2. The number of ether oxygens (including phenoxy) is 1. The molecule has 2 rings (SSSR count). The van der Waals surface area contributed by atoms with Gasteiger partial charge in [0.15, 0.2) is 0 Å². The SMILES string of the molecule is CCOc1cccc(NCc2cc(F)ccc2F)c1. The maximum atomic E-state index is 13.4. The quantitative estimate of drug-likeness (QED) is 0.881. The zero-order valence-electron chi connectivity index (χ0n) is 10.6. The van der Waals surface area contributed by atoms with E-state index in [1.54, 1.807) is 0 Å². The highest BCUT2D eigenvalue weighted by Gasteiger charge is 2.04. The summed E-state index contributed by atoms with van der Waals surface area (Å²) < 4.78 is 31.8. The molecule has 0 amide bonds. The minimum absolute atomic E-state index is 0.221. The van der Waals surface area contributed by atoms with Gasteiger partial charge in [-0.3, -0.25) is 0 Å². The van der Waals surface area contributed by atoms with E-state index in [0.29, 0.717) is 12.2 Å². The van der Waals surface area contributed by atoms with Gasteiger partial charge in [0.1, 0.15) is 17.4 Å². The zero-order chi connectivity index (χ0) is 13.7. The normalized spacial score (nSPS) is 10.3.